The van der Waals surface area contributed by atoms with Gasteiger partial charge in [-0.3, -0.25) is 4.90 Å². The van der Waals surface area contributed by atoms with Crippen molar-refractivity contribution in [1.82, 2.24) is 20.4 Å². The Balaban J connectivity index is 0.00000243. The molecule has 1 saturated heterocycles. The number of halogens is 2. The molecule has 1 aliphatic heterocycles. The van der Waals surface area contributed by atoms with Crippen LogP contribution in [0.4, 0.5) is 0 Å². The minimum absolute atomic E-state index is 0. The fourth-order valence-electron chi connectivity index (χ4n) is 3.43. The highest BCUT2D eigenvalue weighted by Gasteiger charge is 2.26. The third-order valence-electron chi connectivity index (χ3n) is 5.12. The van der Waals surface area contributed by atoms with Crippen molar-refractivity contribution in [3.05, 3.63) is 46.6 Å². The molecule has 5 nitrogen and oxygen atoms in total. The summed E-state index contributed by atoms with van der Waals surface area (Å²) in [7, 11) is 2.02. The zero-order valence-electron chi connectivity index (χ0n) is 15.4. The van der Waals surface area contributed by atoms with Crippen molar-refractivity contribution < 1.29 is 4.52 Å². The zero-order valence-corrected chi connectivity index (χ0v) is 17.0. The van der Waals surface area contributed by atoms with E-state index in [4.69, 9.17) is 16.1 Å². The molecule has 7 heteroatoms. The maximum absolute atomic E-state index is 5.93. The van der Waals surface area contributed by atoms with Crippen molar-refractivity contribution in [2.24, 2.45) is 5.92 Å². The molecule has 2 heterocycles. The highest BCUT2D eigenvalue weighted by molar-refractivity contribution is 6.30. The summed E-state index contributed by atoms with van der Waals surface area (Å²) in [4.78, 5) is 7.06. The summed E-state index contributed by atoms with van der Waals surface area (Å²) in [5.74, 6) is 2.28. The number of nitrogens with one attached hydrogen (secondary N) is 1. The monoisotopic (exact) mass is 398 g/mol. The Morgan fingerprint density at radius 3 is 2.62 bits per heavy atom. The second kappa shape index (κ2) is 10.3. The molecule has 0 amide bonds. The van der Waals surface area contributed by atoms with E-state index in [2.05, 4.69) is 27.3 Å². The van der Waals surface area contributed by atoms with Gasteiger partial charge in [0.05, 0.1) is 6.04 Å². The van der Waals surface area contributed by atoms with Crippen LogP contribution >= 0.6 is 24.0 Å². The average molecular weight is 399 g/mol. The predicted octanol–water partition coefficient (Wildman–Crippen LogP) is 4.12. The molecule has 0 radical (unpaired) electrons. The Hall–Kier alpha value is -1.14. The molecule has 1 atom stereocenters. The summed E-state index contributed by atoms with van der Waals surface area (Å²) in [5, 5.41) is 8.14. The molecule has 1 fully saturated rings. The normalized spacial score (nSPS) is 17.0. The van der Waals surface area contributed by atoms with Crippen molar-refractivity contribution in [2.45, 2.75) is 38.6 Å². The van der Waals surface area contributed by atoms with E-state index in [1.165, 1.54) is 19.3 Å². The van der Waals surface area contributed by atoms with E-state index >= 15 is 0 Å². The van der Waals surface area contributed by atoms with Gasteiger partial charge in [0.1, 0.15) is 0 Å². The van der Waals surface area contributed by atoms with Crippen molar-refractivity contribution in [2.75, 3.05) is 26.7 Å². The SMILES string of the molecule is CNCCC1CCN(C(C)c2nc(Cc3ccc(Cl)cc3)no2)CC1.Cl. The molecule has 1 aliphatic rings. The van der Waals surface area contributed by atoms with Crippen molar-refractivity contribution >= 4 is 24.0 Å². The smallest absolute Gasteiger partial charge is 0.243 e. The Morgan fingerprint density at radius 1 is 1.27 bits per heavy atom. The van der Waals surface area contributed by atoms with Crippen molar-refractivity contribution in [1.29, 1.82) is 0 Å². The molecule has 3 rings (SSSR count). The van der Waals surface area contributed by atoms with Gasteiger partial charge < -0.3 is 9.84 Å². The summed E-state index contributed by atoms with van der Waals surface area (Å²) < 4.78 is 5.53. The second-order valence-electron chi connectivity index (χ2n) is 6.90. The molecule has 144 valence electrons. The van der Waals surface area contributed by atoms with E-state index in [1.807, 2.05) is 31.3 Å². The maximum Gasteiger partial charge on any atom is 0.243 e. The molecule has 0 aliphatic carbocycles. The van der Waals surface area contributed by atoms with Crippen LogP contribution in [0.5, 0.6) is 0 Å². The van der Waals surface area contributed by atoms with Gasteiger partial charge in [-0.25, -0.2) is 0 Å². The van der Waals surface area contributed by atoms with Gasteiger partial charge >= 0.3 is 0 Å². The quantitative estimate of drug-likeness (QED) is 0.759. The lowest BCUT2D eigenvalue weighted by atomic mass is 9.93. The van der Waals surface area contributed by atoms with Gasteiger partial charge in [0.25, 0.3) is 0 Å². The Morgan fingerprint density at radius 2 is 1.96 bits per heavy atom. The molecule has 26 heavy (non-hydrogen) atoms. The van der Waals surface area contributed by atoms with Gasteiger partial charge in [-0.1, -0.05) is 28.9 Å². The molecule has 2 aromatic rings. The second-order valence-corrected chi connectivity index (χ2v) is 7.34. The van der Waals surface area contributed by atoms with Gasteiger partial charge in [-0.2, -0.15) is 4.98 Å². The third kappa shape index (κ3) is 5.68. The highest BCUT2D eigenvalue weighted by atomic mass is 35.5. The van der Waals surface area contributed by atoms with E-state index in [9.17, 15) is 0 Å². The molecule has 1 aromatic carbocycles. The number of likely N-dealkylation sites (tertiary alicyclic amines) is 1. The first kappa shape index (κ1) is 21.2. The Bertz CT molecular complexity index is 654. The number of benzene rings is 1. The van der Waals surface area contributed by atoms with Crippen molar-refractivity contribution in [3.63, 3.8) is 0 Å². The summed E-state index contributed by atoms with van der Waals surface area (Å²) >= 11 is 5.93. The van der Waals surface area contributed by atoms with E-state index in [0.29, 0.717) is 6.42 Å². The minimum atomic E-state index is 0. The molecular weight excluding hydrogens is 371 g/mol. The minimum Gasteiger partial charge on any atom is -0.338 e. The number of rotatable bonds is 7. The van der Waals surface area contributed by atoms with Crippen molar-refractivity contribution in [3.8, 4) is 0 Å². The standard InChI is InChI=1S/C19H27ClN4O.ClH/c1-14(24-11-8-15(9-12-24)7-10-21-2)19-22-18(23-25-19)13-16-3-5-17(20)6-4-16;/h3-6,14-15,21H,7-13H2,1-2H3;1H. The molecule has 1 aromatic heterocycles. The first-order chi connectivity index (χ1) is 12.2. The van der Waals surface area contributed by atoms with E-state index in [1.54, 1.807) is 0 Å². The van der Waals surface area contributed by atoms with Gasteiger partial charge in [-0.05, 0) is 76.5 Å². The lowest BCUT2D eigenvalue weighted by Gasteiger charge is -2.34. The molecule has 0 spiro atoms. The van der Waals surface area contributed by atoms with Crippen LogP contribution in [0.3, 0.4) is 0 Å². The van der Waals surface area contributed by atoms with Gasteiger partial charge in [0.2, 0.25) is 5.89 Å². The van der Waals surface area contributed by atoms with Crippen LogP contribution in [0.2, 0.25) is 5.02 Å². The molecule has 1 N–H and O–H groups in total. The lowest BCUT2D eigenvalue weighted by Crippen LogP contribution is -2.36. The topological polar surface area (TPSA) is 54.2 Å². The largest absolute Gasteiger partial charge is 0.338 e. The first-order valence-electron chi connectivity index (χ1n) is 9.11. The van der Waals surface area contributed by atoms with Crippen LogP contribution < -0.4 is 5.32 Å². The first-order valence-corrected chi connectivity index (χ1v) is 9.49. The third-order valence-corrected chi connectivity index (χ3v) is 5.37. The predicted molar refractivity (Wildman–Crippen MR) is 107 cm³/mol. The van der Waals surface area contributed by atoms with Crippen LogP contribution in [-0.2, 0) is 6.42 Å². The van der Waals surface area contributed by atoms with E-state index < -0.39 is 0 Å². The summed E-state index contributed by atoms with van der Waals surface area (Å²) in [6.45, 7) is 5.47. The molecule has 0 bridgehead atoms. The van der Waals surface area contributed by atoms with Gasteiger partial charge in [0.15, 0.2) is 5.82 Å². The summed E-state index contributed by atoms with van der Waals surface area (Å²) in [6.07, 6.45) is 4.43. The number of piperidine rings is 1. The van der Waals surface area contributed by atoms with Crippen LogP contribution in [-0.4, -0.2) is 41.7 Å². The van der Waals surface area contributed by atoms with E-state index in [0.717, 1.165) is 47.9 Å². The van der Waals surface area contributed by atoms with Gasteiger partial charge in [0, 0.05) is 11.4 Å². The summed E-state index contributed by atoms with van der Waals surface area (Å²) in [5.41, 5.74) is 1.13. The van der Waals surface area contributed by atoms with Crippen LogP contribution in [0.1, 0.15) is 49.5 Å². The lowest BCUT2D eigenvalue weighted by molar-refractivity contribution is 0.117. The van der Waals surface area contributed by atoms with Crippen LogP contribution in [0.15, 0.2) is 28.8 Å². The number of hydrogen-bond donors (Lipinski definition) is 1. The maximum atomic E-state index is 5.93. The Kier molecular flexibility index (Phi) is 8.35. The highest BCUT2D eigenvalue weighted by Crippen LogP contribution is 2.27. The molecule has 1 unspecified atom stereocenters. The van der Waals surface area contributed by atoms with E-state index in [-0.39, 0.29) is 18.4 Å². The average Bonchev–Trinajstić information content (AvgIpc) is 3.10. The van der Waals surface area contributed by atoms with Gasteiger partial charge in [-0.15, -0.1) is 12.4 Å². The Labute approximate surface area is 166 Å². The number of nitrogens with zero attached hydrogens (tertiary/aromatic N) is 3. The fourth-order valence-corrected chi connectivity index (χ4v) is 3.55. The van der Waals surface area contributed by atoms with Crippen LogP contribution in [0, 0.1) is 5.92 Å². The number of hydrogen-bond acceptors (Lipinski definition) is 5. The summed E-state index contributed by atoms with van der Waals surface area (Å²) in [6, 6.07) is 7.95. The molecule has 0 saturated carbocycles. The van der Waals surface area contributed by atoms with Crippen LogP contribution in [0.25, 0.3) is 0 Å². The molecular formula is C19H28Cl2N4O. The fraction of sp³-hybridized carbons (Fsp3) is 0.579. The number of aromatic nitrogens is 2. The zero-order chi connectivity index (χ0) is 17.6.